The summed E-state index contributed by atoms with van der Waals surface area (Å²) >= 11 is 0. The molecule has 0 saturated carbocycles. The van der Waals surface area contributed by atoms with Crippen LogP contribution >= 0.6 is 0 Å². The smallest absolute Gasteiger partial charge is 0.257 e. The van der Waals surface area contributed by atoms with Gasteiger partial charge in [0.15, 0.2) is 0 Å². The summed E-state index contributed by atoms with van der Waals surface area (Å²) in [5.74, 6) is -0.213. The molecule has 0 unspecified atom stereocenters. The van der Waals surface area contributed by atoms with Gasteiger partial charge in [0.2, 0.25) is 0 Å². The van der Waals surface area contributed by atoms with E-state index in [1.165, 1.54) is 44.6 Å². The highest BCUT2D eigenvalue weighted by Gasteiger charge is 2.27. The summed E-state index contributed by atoms with van der Waals surface area (Å²) in [6.07, 6.45) is 4.56. The largest absolute Gasteiger partial charge is 0.496 e. The molecule has 0 bridgehead atoms. The first-order chi connectivity index (χ1) is 12.2. The second-order valence-electron chi connectivity index (χ2n) is 6.80. The summed E-state index contributed by atoms with van der Waals surface area (Å²) in [7, 11) is 1.49. The lowest BCUT2D eigenvalue weighted by molar-refractivity contribution is 0.0216. The number of hydrogen-bond donors (Lipinski definition) is 0. The number of methoxy groups -OCH3 is 1. The van der Waals surface area contributed by atoms with E-state index < -0.39 is 5.82 Å². The van der Waals surface area contributed by atoms with Crippen LogP contribution < -0.4 is 4.74 Å². The van der Waals surface area contributed by atoms with Crippen LogP contribution in [0.4, 0.5) is 4.39 Å². The van der Waals surface area contributed by atoms with Gasteiger partial charge in [-0.05, 0) is 50.6 Å². The molecule has 5 nitrogen and oxygen atoms in total. The molecular weight excluding hydrogens is 323 g/mol. The minimum absolute atomic E-state index is 0.00380. The Hall–Kier alpha value is -1.66. The van der Waals surface area contributed by atoms with Gasteiger partial charge in [0.05, 0.1) is 18.8 Å². The average molecular weight is 350 g/mol. The van der Waals surface area contributed by atoms with Crippen molar-refractivity contribution < 1.29 is 18.7 Å². The average Bonchev–Trinajstić information content (AvgIpc) is 2.87. The van der Waals surface area contributed by atoms with Crippen LogP contribution in [0.25, 0.3) is 0 Å². The SMILES string of the molecule is COc1ccc(F)cc1C(=O)N1CCCO[C@H](CN2CCCCC2)C1. The lowest BCUT2D eigenvalue weighted by Crippen LogP contribution is -2.44. The minimum Gasteiger partial charge on any atom is -0.496 e. The molecule has 0 spiro atoms. The van der Waals surface area contributed by atoms with Crippen LogP contribution in [0.5, 0.6) is 5.75 Å². The molecule has 1 amide bonds. The fourth-order valence-corrected chi connectivity index (χ4v) is 3.64. The van der Waals surface area contributed by atoms with E-state index in [1.807, 2.05) is 0 Å². The summed E-state index contributed by atoms with van der Waals surface area (Å²) in [5, 5.41) is 0. The Morgan fingerprint density at radius 2 is 2.04 bits per heavy atom. The molecule has 0 radical (unpaired) electrons. The van der Waals surface area contributed by atoms with E-state index in [4.69, 9.17) is 9.47 Å². The third kappa shape index (κ3) is 4.70. The van der Waals surface area contributed by atoms with E-state index in [9.17, 15) is 9.18 Å². The number of piperidine rings is 1. The zero-order valence-electron chi connectivity index (χ0n) is 14.9. The third-order valence-corrected chi connectivity index (χ3v) is 4.94. The highest BCUT2D eigenvalue weighted by atomic mass is 19.1. The van der Waals surface area contributed by atoms with Gasteiger partial charge in [-0.25, -0.2) is 4.39 Å². The van der Waals surface area contributed by atoms with Crippen LogP contribution in [-0.4, -0.2) is 68.3 Å². The number of benzene rings is 1. The van der Waals surface area contributed by atoms with E-state index >= 15 is 0 Å². The van der Waals surface area contributed by atoms with Crippen LogP contribution in [0.2, 0.25) is 0 Å². The van der Waals surface area contributed by atoms with Crippen molar-refractivity contribution in [1.29, 1.82) is 0 Å². The lowest BCUT2D eigenvalue weighted by Gasteiger charge is -2.31. The zero-order valence-corrected chi connectivity index (χ0v) is 14.9. The second kappa shape index (κ2) is 8.63. The molecule has 0 aromatic heterocycles. The van der Waals surface area contributed by atoms with Crippen LogP contribution in [0, 0.1) is 5.82 Å². The van der Waals surface area contributed by atoms with Gasteiger partial charge in [-0.15, -0.1) is 0 Å². The molecule has 2 aliphatic heterocycles. The van der Waals surface area contributed by atoms with Crippen molar-refractivity contribution in [2.45, 2.75) is 31.8 Å². The fraction of sp³-hybridized carbons (Fsp3) is 0.632. The molecule has 1 aromatic carbocycles. The Labute approximate surface area is 148 Å². The molecule has 138 valence electrons. The summed E-state index contributed by atoms with van der Waals surface area (Å²) in [6.45, 7) is 4.87. The van der Waals surface area contributed by atoms with Gasteiger partial charge in [0, 0.05) is 26.2 Å². The molecule has 1 aromatic rings. The Kier molecular flexibility index (Phi) is 6.26. The van der Waals surface area contributed by atoms with Crippen molar-refractivity contribution in [3.63, 3.8) is 0 Å². The predicted molar refractivity (Wildman–Crippen MR) is 93.5 cm³/mol. The molecular formula is C19H27FN2O3. The Morgan fingerprint density at radius 3 is 2.80 bits per heavy atom. The summed E-state index contributed by atoms with van der Waals surface area (Å²) in [6, 6.07) is 4.06. The number of hydrogen-bond acceptors (Lipinski definition) is 4. The van der Waals surface area contributed by atoms with Gasteiger partial charge in [0.25, 0.3) is 5.91 Å². The number of carbonyl (C=O) groups excluding carboxylic acids is 1. The van der Waals surface area contributed by atoms with Gasteiger partial charge in [-0.1, -0.05) is 6.42 Å². The first-order valence-corrected chi connectivity index (χ1v) is 9.14. The molecule has 2 aliphatic rings. The topological polar surface area (TPSA) is 42.0 Å². The maximum absolute atomic E-state index is 13.6. The van der Waals surface area contributed by atoms with Crippen LogP contribution in [0.15, 0.2) is 18.2 Å². The molecule has 3 rings (SSSR count). The Morgan fingerprint density at radius 1 is 1.24 bits per heavy atom. The van der Waals surface area contributed by atoms with Crippen LogP contribution in [0.3, 0.4) is 0 Å². The highest BCUT2D eigenvalue weighted by molar-refractivity contribution is 5.97. The van der Waals surface area contributed by atoms with E-state index in [0.717, 1.165) is 26.1 Å². The zero-order chi connectivity index (χ0) is 17.6. The fourth-order valence-electron chi connectivity index (χ4n) is 3.64. The minimum atomic E-state index is -0.430. The summed E-state index contributed by atoms with van der Waals surface area (Å²) in [4.78, 5) is 17.1. The second-order valence-corrected chi connectivity index (χ2v) is 6.80. The maximum Gasteiger partial charge on any atom is 0.257 e. The lowest BCUT2D eigenvalue weighted by atomic mass is 10.1. The van der Waals surface area contributed by atoms with Crippen molar-refractivity contribution in [2.24, 2.45) is 0 Å². The molecule has 2 heterocycles. The van der Waals surface area contributed by atoms with Gasteiger partial charge < -0.3 is 19.3 Å². The number of amides is 1. The van der Waals surface area contributed by atoms with Crippen molar-refractivity contribution in [1.82, 2.24) is 9.80 Å². The normalized spacial score (nSPS) is 22.5. The van der Waals surface area contributed by atoms with Crippen molar-refractivity contribution >= 4 is 5.91 Å². The van der Waals surface area contributed by atoms with Gasteiger partial charge in [0.1, 0.15) is 11.6 Å². The molecule has 25 heavy (non-hydrogen) atoms. The first-order valence-electron chi connectivity index (χ1n) is 9.14. The van der Waals surface area contributed by atoms with Gasteiger partial charge >= 0.3 is 0 Å². The van der Waals surface area contributed by atoms with Gasteiger partial charge in [-0.3, -0.25) is 4.79 Å². The summed E-state index contributed by atoms with van der Waals surface area (Å²) < 4.78 is 24.8. The molecule has 6 heteroatoms. The standard InChI is InChI=1S/C19H27FN2O3/c1-24-18-7-6-15(20)12-17(18)19(23)22-10-5-11-25-16(14-22)13-21-8-3-2-4-9-21/h6-7,12,16H,2-5,8-11,13-14H2,1H3/t16-/m1/s1. The van der Waals surface area contributed by atoms with Crippen molar-refractivity contribution in [3.05, 3.63) is 29.6 Å². The quantitative estimate of drug-likeness (QED) is 0.837. The number of carbonyl (C=O) groups is 1. The number of halogens is 1. The number of nitrogens with zero attached hydrogens (tertiary/aromatic N) is 2. The van der Waals surface area contributed by atoms with E-state index in [2.05, 4.69) is 4.90 Å². The highest BCUT2D eigenvalue weighted by Crippen LogP contribution is 2.22. The molecule has 2 saturated heterocycles. The van der Waals surface area contributed by atoms with Crippen molar-refractivity contribution in [2.75, 3.05) is 46.4 Å². The third-order valence-electron chi connectivity index (χ3n) is 4.94. The van der Waals surface area contributed by atoms with E-state index in [-0.39, 0.29) is 17.6 Å². The maximum atomic E-state index is 13.6. The molecule has 0 N–H and O–H groups in total. The van der Waals surface area contributed by atoms with E-state index in [0.29, 0.717) is 25.4 Å². The van der Waals surface area contributed by atoms with Crippen LogP contribution in [-0.2, 0) is 4.74 Å². The summed E-state index contributed by atoms with van der Waals surface area (Å²) in [5.41, 5.74) is 0.279. The predicted octanol–water partition coefficient (Wildman–Crippen LogP) is 2.55. The monoisotopic (exact) mass is 350 g/mol. The first kappa shape index (κ1) is 18.1. The van der Waals surface area contributed by atoms with Crippen LogP contribution in [0.1, 0.15) is 36.0 Å². The Balaban J connectivity index is 1.69. The molecule has 2 fully saturated rings. The molecule has 0 aliphatic carbocycles. The van der Waals surface area contributed by atoms with E-state index in [1.54, 1.807) is 4.90 Å². The molecule has 1 atom stereocenters. The van der Waals surface area contributed by atoms with Gasteiger partial charge in [-0.2, -0.15) is 0 Å². The van der Waals surface area contributed by atoms with Crippen molar-refractivity contribution in [3.8, 4) is 5.75 Å². The number of rotatable bonds is 4. The Bertz CT molecular complexity index is 590. The number of ether oxygens (including phenoxy) is 2. The number of likely N-dealkylation sites (tertiary alicyclic amines) is 1.